The van der Waals surface area contributed by atoms with Crippen LogP contribution >= 0.6 is 23.2 Å². The first-order chi connectivity index (χ1) is 7.29. The molecule has 1 fully saturated rings. The zero-order valence-electron chi connectivity index (χ0n) is 8.51. The van der Waals surface area contributed by atoms with Crippen LogP contribution < -0.4 is 4.74 Å². The standard InChI is InChI=1S/C12H14Cl2O/c13-8-9-5-6-12(11(14)7-9)15-10-3-1-2-4-10/h5-7,10H,1-4,8H2. The van der Waals surface area contributed by atoms with Crippen LogP contribution in [0, 0.1) is 0 Å². The molecule has 0 bridgehead atoms. The number of ether oxygens (including phenoxy) is 1. The van der Waals surface area contributed by atoms with Gasteiger partial charge in [-0.3, -0.25) is 0 Å². The lowest BCUT2D eigenvalue weighted by molar-refractivity contribution is 0.210. The number of alkyl halides is 1. The highest BCUT2D eigenvalue weighted by atomic mass is 35.5. The van der Waals surface area contributed by atoms with E-state index in [1.807, 2.05) is 18.2 Å². The maximum absolute atomic E-state index is 6.10. The van der Waals surface area contributed by atoms with Crippen LogP contribution in [0.3, 0.4) is 0 Å². The lowest BCUT2D eigenvalue weighted by atomic mass is 10.2. The topological polar surface area (TPSA) is 9.23 Å². The zero-order chi connectivity index (χ0) is 10.7. The third-order valence-corrected chi connectivity index (χ3v) is 3.35. The summed E-state index contributed by atoms with van der Waals surface area (Å²) in [7, 11) is 0. The summed E-state index contributed by atoms with van der Waals surface area (Å²) in [5, 5.41) is 0.667. The predicted molar refractivity (Wildman–Crippen MR) is 63.9 cm³/mol. The molecule has 1 saturated carbocycles. The molecule has 1 nitrogen and oxygen atoms in total. The molecule has 1 aliphatic carbocycles. The second kappa shape index (κ2) is 5.09. The molecule has 0 radical (unpaired) electrons. The Morgan fingerprint density at radius 3 is 2.60 bits per heavy atom. The minimum Gasteiger partial charge on any atom is -0.489 e. The van der Waals surface area contributed by atoms with Gasteiger partial charge < -0.3 is 4.74 Å². The molecule has 3 heteroatoms. The van der Waals surface area contributed by atoms with Gasteiger partial charge >= 0.3 is 0 Å². The van der Waals surface area contributed by atoms with Crippen molar-refractivity contribution < 1.29 is 4.74 Å². The normalized spacial score (nSPS) is 16.9. The molecular weight excluding hydrogens is 231 g/mol. The lowest BCUT2D eigenvalue weighted by Crippen LogP contribution is -2.11. The molecule has 82 valence electrons. The van der Waals surface area contributed by atoms with Gasteiger partial charge in [-0.1, -0.05) is 17.7 Å². The van der Waals surface area contributed by atoms with E-state index >= 15 is 0 Å². The van der Waals surface area contributed by atoms with Gasteiger partial charge in [0.05, 0.1) is 11.1 Å². The minimum absolute atomic E-state index is 0.351. The maximum Gasteiger partial charge on any atom is 0.138 e. The number of halogens is 2. The van der Waals surface area contributed by atoms with E-state index in [0.717, 1.165) is 24.2 Å². The Morgan fingerprint density at radius 1 is 1.27 bits per heavy atom. The van der Waals surface area contributed by atoms with Crippen LogP contribution in [0.5, 0.6) is 5.75 Å². The molecule has 2 rings (SSSR count). The molecule has 0 amide bonds. The van der Waals surface area contributed by atoms with Gasteiger partial charge in [0.1, 0.15) is 5.75 Å². The first-order valence-electron chi connectivity index (χ1n) is 5.30. The van der Waals surface area contributed by atoms with Crippen molar-refractivity contribution >= 4 is 23.2 Å². The SMILES string of the molecule is ClCc1ccc(OC2CCCC2)c(Cl)c1. The fraction of sp³-hybridized carbons (Fsp3) is 0.500. The first kappa shape index (κ1) is 11.1. The van der Waals surface area contributed by atoms with Gasteiger partial charge in [0.2, 0.25) is 0 Å². The molecular formula is C12H14Cl2O. The summed E-state index contributed by atoms with van der Waals surface area (Å²) in [4.78, 5) is 0. The second-order valence-electron chi connectivity index (χ2n) is 3.92. The largest absolute Gasteiger partial charge is 0.489 e. The molecule has 1 aromatic carbocycles. The van der Waals surface area contributed by atoms with Gasteiger partial charge in [0.25, 0.3) is 0 Å². The summed E-state index contributed by atoms with van der Waals surface area (Å²) in [5.74, 6) is 1.28. The van der Waals surface area contributed by atoms with Gasteiger partial charge in [-0.25, -0.2) is 0 Å². The number of hydrogen-bond acceptors (Lipinski definition) is 1. The van der Waals surface area contributed by atoms with Crippen LogP contribution in [0.1, 0.15) is 31.2 Å². The quantitative estimate of drug-likeness (QED) is 0.717. The molecule has 0 unspecified atom stereocenters. The summed E-state index contributed by atoms with van der Waals surface area (Å²) >= 11 is 11.8. The van der Waals surface area contributed by atoms with Crippen molar-refractivity contribution in [1.82, 2.24) is 0 Å². The van der Waals surface area contributed by atoms with E-state index in [4.69, 9.17) is 27.9 Å². The Hall–Kier alpha value is -0.400. The summed E-state index contributed by atoms with van der Waals surface area (Å²) in [5.41, 5.74) is 1.03. The summed E-state index contributed by atoms with van der Waals surface area (Å²) < 4.78 is 5.83. The van der Waals surface area contributed by atoms with E-state index in [9.17, 15) is 0 Å². The highest BCUT2D eigenvalue weighted by Gasteiger charge is 2.17. The number of rotatable bonds is 3. The Kier molecular flexibility index (Phi) is 3.76. The minimum atomic E-state index is 0.351. The van der Waals surface area contributed by atoms with Crippen LogP contribution in [0.15, 0.2) is 18.2 Å². The first-order valence-corrected chi connectivity index (χ1v) is 6.22. The number of benzene rings is 1. The van der Waals surface area contributed by atoms with Crippen molar-refractivity contribution in [2.45, 2.75) is 37.7 Å². The van der Waals surface area contributed by atoms with Crippen molar-refractivity contribution in [2.24, 2.45) is 0 Å². The third kappa shape index (κ3) is 2.79. The van der Waals surface area contributed by atoms with Gasteiger partial charge in [-0.05, 0) is 43.4 Å². The maximum atomic E-state index is 6.10. The molecule has 0 atom stereocenters. The van der Waals surface area contributed by atoms with E-state index in [1.54, 1.807) is 0 Å². The molecule has 1 aliphatic rings. The van der Waals surface area contributed by atoms with Crippen LogP contribution in [0.25, 0.3) is 0 Å². The molecule has 0 spiro atoms. The summed E-state index contributed by atoms with van der Waals surface area (Å²) in [6.07, 6.45) is 5.18. The predicted octanol–water partition coefficient (Wildman–Crippen LogP) is 4.40. The molecule has 0 saturated heterocycles. The van der Waals surface area contributed by atoms with Gasteiger partial charge in [-0.15, -0.1) is 11.6 Å². The molecule has 1 aromatic rings. The Bertz CT molecular complexity index is 332. The molecule has 0 N–H and O–H groups in total. The fourth-order valence-electron chi connectivity index (χ4n) is 1.91. The molecule has 0 aliphatic heterocycles. The van der Waals surface area contributed by atoms with Crippen LogP contribution in [-0.2, 0) is 5.88 Å². The van der Waals surface area contributed by atoms with Crippen molar-refractivity contribution in [1.29, 1.82) is 0 Å². The van der Waals surface area contributed by atoms with Crippen LogP contribution in [-0.4, -0.2) is 6.10 Å². The molecule has 0 aromatic heterocycles. The highest BCUT2D eigenvalue weighted by molar-refractivity contribution is 6.32. The summed E-state index contributed by atoms with van der Waals surface area (Å²) in [6.45, 7) is 0. The van der Waals surface area contributed by atoms with E-state index < -0.39 is 0 Å². The van der Waals surface area contributed by atoms with Crippen molar-refractivity contribution in [3.05, 3.63) is 28.8 Å². The van der Waals surface area contributed by atoms with Crippen LogP contribution in [0.2, 0.25) is 5.02 Å². The third-order valence-electron chi connectivity index (χ3n) is 2.75. The lowest BCUT2D eigenvalue weighted by Gasteiger charge is -2.14. The second-order valence-corrected chi connectivity index (χ2v) is 4.60. The van der Waals surface area contributed by atoms with E-state index in [1.165, 1.54) is 12.8 Å². The summed E-state index contributed by atoms with van der Waals surface area (Å²) in [6, 6.07) is 5.75. The van der Waals surface area contributed by atoms with Crippen molar-refractivity contribution in [2.75, 3.05) is 0 Å². The Balaban J connectivity index is 2.07. The average molecular weight is 245 g/mol. The van der Waals surface area contributed by atoms with Gasteiger partial charge in [-0.2, -0.15) is 0 Å². The Morgan fingerprint density at radius 2 is 2.00 bits per heavy atom. The monoisotopic (exact) mass is 244 g/mol. The van der Waals surface area contributed by atoms with Crippen molar-refractivity contribution in [3.63, 3.8) is 0 Å². The smallest absolute Gasteiger partial charge is 0.138 e. The molecule has 0 heterocycles. The fourth-order valence-corrected chi connectivity index (χ4v) is 2.32. The van der Waals surface area contributed by atoms with Crippen LogP contribution in [0.4, 0.5) is 0 Å². The van der Waals surface area contributed by atoms with Crippen molar-refractivity contribution in [3.8, 4) is 5.75 Å². The van der Waals surface area contributed by atoms with Gasteiger partial charge in [0, 0.05) is 5.88 Å². The zero-order valence-corrected chi connectivity index (χ0v) is 10.0. The number of hydrogen-bond donors (Lipinski definition) is 0. The van der Waals surface area contributed by atoms with E-state index in [-0.39, 0.29) is 0 Å². The Labute approximate surface area is 100 Å². The molecule has 15 heavy (non-hydrogen) atoms. The van der Waals surface area contributed by atoms with E-state index in [0.29, 0.717) is 17.0 Å². The average Bonchev–Trinajstić information content (AvgIpc) is 2.74. The van der Waals surface area contributed by atoms with Gasteiger partial charge in [0.15, 0.2) is 0 Å². The highest BCUT2D eigenvalue weighted by Crippen LogP contribution is 2.30. The van der Waals surface area contributed by atoms with E-state index in [2.05, 4.69) is 0 Å².